The Morgan fingerprint density at radius 2 is 2.15 bits per heavy atom. The van der Waals surface area contributed by atoms with Crippen LogP contribution in [0.2, 0.25) is 0 Å². The standard InChI is InChI=1S/C12H18N6O2/c1-8-6-9(18-20-8)17-12-10(13)11(15-7-16-12)14-4-3-5-19-2/h6-7H,3-5,13H2,1-2H3,(H2,14,15,16,17,18). The Balaban J connectivity index is 2.03. The van der Waals surface area contributed by atoms with Crippen molar-refractivity contribution >= 4 is 23.1 Å². The highest BCUT2D eigenvalue weighted by molar-refractivity contribution is 5.76. The predicted octanol–water partition coefficient (Wildman–Crippen LogP) is 1.55. The fourth-order valence-corrected chi connectivity index (χ4v) is 1.61. The van der Waals surface area contributed by atoms with Crippen LogP contribution in [-0.2, 0) is 4.74 Å². The van der Waals surface area contributed by atoms with Crippen LogP contribution >= 0.6 is 0 Å². The molecule has 0 aliphatic carbocycles. The predicted molar refractivity (Wildman–Crippen MR) is 75.9 cm³/mol. The number of aryl methyl sites for hydroxylation is 1. The molecule has 8 nitrogen and oxygen atoms in total. The summed E-state index contributed by atoms with van der Waals surface area (Å²) in [6, 6.07) is 1.76. The van der Waals surface area contributed by atoms with E-state index in [4.69, 9.17) is 15.0 Å². The van der Waals surface area contributed by atoms with Crippen LogP contribution in [0.3, 0.4) is 0 Å². The van der Waals surface area contributed by atoms with Crippen molar-refractivity contribution in [1.82, 2.24) is 15.1 Å². The van der Waals surface area contributed by atoms with Crippen LogP contribution in [0.25, 0.3) is 0 Å². The summed E-state index contributed by atoms with van der Waals surface area (Å²) < 4.78 is 9.95. The fourth-order valence-electron chi connectivity index (χ4n) is 1.61. The maximum atomic E-state index is 6.01. The number of methoxy groups -OCH3 is 1. The number of hydrogen-bond acceptors (Lipinski definition) is 8. The number of anilines is 4. The zero-order valence-electron chi connectivity index (χ0n) is 11.5. The molecule has 108 valence electrons. The van der Waals surface area contributed by atoms with Gasteiger partial charge in [0.2, 0.25) is 0 Å². The van der Waals surface area contributed by atoms with E-state index in [9.17, 15) is 0 Å². The first kappa shape index (κ1) is 14.1. The van der Waals surface area contributed by atoms with Crippen LogP contribution < -0.4 is 16.4 Å². The second kappa shape index (κ2) is 6.71. The minimum atomic E-state index is 0.436. The molecule has 0 atom stereocenters. The van der Waals surface area contributed by atoms with Gasteiger partial charge in [-0.2, -0.15) is 0 Å². The van der Waals surface area contributed by atoms with E-state index < -0.39 is 0 Å². The number of nitrogens with one attached hydrogen (secondary N) is 2. The SMILES string of the molecule is COCCCNc1ncnc(Nc2cc(C)on2)c1N. The van der Waals surface area contributed by atoms with Crippen molar-refractivity contribution in [3.63, 3.8) is 0 Å². The quantitative estimate of drug-likeness (QED) is 0.654. The molecular formula is C12H18N6O2. The zero-order chi connectivity index (χ0) is 14.4. The number of aromatic nitrogens is 3. The molecular weight excluding hydrogens is 260 g/mol. The van der Waals surface area contributed by atoms with Gasteiger partial charge in [0, 0.05) is 26.3 Å². The number of ether oxygens (including phenoxy) is 1. The third kappa shape index (κ3) is 3.58. The van der Waals surface area contributed by atoms with E-state index in [1.165, 1.54) is 6.33 Å². The second-order valence-electron chi connectivity index (χ2n) is 4.21. The van der Waals surface area contributed by atoms with Gasteiger partial charge in [0.1, 0.15) is 17.8 Å². The molecule has 0 unspecified atom stereocenters. The maximum absolute atomic E-state index is 6.01. The molecule has 2 rings (SSSR count). The monoisotopic (exact) mass is 278 g/mol. The van der Waals surface area contributed by atoms with Crippen molar-refractivity contribution in [2.45, 2.75) is 13.3 Å². The highest BCUT2D eigenvalue weighted by Gasteiger charge is 2.09. The summed E-state index contributed by atoms with van der Waals surface area (Å²) in [6.45, 7) is 3.21. The van der Waals surface area contributed by atoms with Crippen LogP contribution in [0.5, 0.6) is 0 Å². The van der Waals surface area contributed by atoms with Gasteiger partial charge in [-0.15, -0.1) is 0 Å². The first-order valence-corrected chi connectivity index (χ1v) is 6.24. The zero-order valence-corrected chi connectivity index (χ0v) is 11.5. The van der Waals surface area contributed by atoms with Gasteiger partial charge in [0.15, 0.2) is 17.5 Å². The molecule has 20 heavy (non-hydrogen) atoms. The maximum Gasteiger partial charge on any atom is 0.175 e. The van der Waals surface area contributed by atoms with Gasteiger partial charge >= 0.3 is 0 Å². The third-order valence-electron chi connectivity index (χ3n) is 2.58. The first-order valence-electron chi connectivity index (χ1n) is 6.24. The van der Waals surface area contributed by atoms with Gasteiger partial charge in [0.05, 0.1) is 0 Å². The molecule has 0 aromatic carbocycles. The van der Waals surface area contributed by atoms with Crippen molar-refractivity contribution in [3.8, 4) is 0 Å². The van der Waals surface area contributed by atoms with Crippen LogP contribution in [-0.4, -0.2) is 35.4 Å². The topological polar surface area (TPSA) is 111 Å². The minimum absolute atomic E-state index is 0.436. The highest BCUT2D eigenvalue weighted by Crippen LogP contribution is 2.25. The van der Waals surface area contributed by atoms with E-state index in [1.54, 1.807) is 13.2 Å². The molecule has 0 amide bonds. The number of nitrogens with zero attached hydrogens (tertiary/aromatic N) is 3. The van der Waals surface area contributed by atoms with E-state index >= 15 is 0 Å². The van der Waals surface area contributed by atoms with Gasteiger partial charge in [-0.3, -0.25) is 0 Å². The number of hydrogen-bond donors (Lipinski definition) is 3. The Bertz CT molecular complexity index is 557. The van der Waals surface area contributed by atoms with Crippen LogP contribution in [0.4, 0.5) is 23.1 Å². The highest BCUT2D eigenvalue weighted by atomic mass is 16.5. The average Bonchev–Trinajstić information content (AvgIpc) is 2.84. The summed E-state index contributed by atoms with van der Waals surface area (Å²) in [7, 11) is 1.67. The number of nitrogen functional groups attached to an aromatic ring is 1. The number of rotatable bonds is 7. The fraction of sp³-hybridized carbons (Fsp3) is 0.417. The van der Waals surface area contributed by atoms with Crippen molar-refractivity contribution in [2.24, 2.45) is 0 Å². The molecule has 0 radical (unpaired) electrons. The van der Waals surface area contributed by atoms with E-state index in [-0.39, 0.29) is 0 Å². The largest absolute Gasteiger partial charge is 0.393 e. The molecule has 4 N–H and O–H groups in total. The summed E-state index contributed by atoms with van der Waals surface area (Å²) in [5.74, 6) is 2.33. The van der Waals surface area contributed by atoms with E-state index in [2.05, 4.69) is 25.8 Å². The third-order valence-corrected chi connectivity index (χ3v) is 2.58. The van der Waals surface area contributed by atoms with Crippen molar-refractivity contribution in [2.75, 3.05) is 36.6 Å². The molecule has 0 saturated heterocycles. The Morgan fingerprint density at radius 1 is 1.35 bits per heavy atom. The summed E-state index contributed by atoms with van der Waals surface area (Å²) in [5, 5.41) is 9.96. The summed E-state index contributed by atoms with van der Waals surface area (Å²) in [5.41, 5.74) is 6.45. The Labute approximate surface area is 116 Å². The summed E-state index contributed by atoms with van der Waals surface area (Å²) in [6.07, 6.45) is 2.30. The number of nitrogens with two attached hydrogens (primary N) is 1. The first-order chi connectivity index (χ1) is 9.70. The van der Waals surface area contributed by atoms with Gasteiger partial charge in [-0.25, -0.2) is 9.97 Å². The van der Waals surface area contributed by atoms with Crippen LogP contribution in [0, 0.1) is 6.92 Å². The van der Waals surface area contributed by atoms with Crippen molar-refractivity contribution in [3.05, 3.63) is 18.2 Å². The van der Waals surface area contributed by atoms with Gasteiger partial charge in [-0.1, -0.05) is 5.16 Å². The van der Waals surface area contributed by atoms with E-state index in [0.717, 1.165) is 13.0 Å². The molecule has 2 heterocycles. The summed E-state index contributed by atoms with van der Waals surface area (Å²) >= 11 is 0. The van der Waals surface area contributed by atoms with Crippen LogP contribution in [0.1, 0.15) is 12.2 Å². The molecule has 0 aliphatic heterocycles. The van der Waals surface area contributed by atoms with Crippen molar-refractivity contribution < 1.29 is 9.26 Å². The molecule has 0 spiro atoms. The van der Waals surface area contributed by atoms with Crippen LogP contribution in [0.15, 0.2) is 16.9 Å². The lowest BCUT2D eigenvalue weighted by atomic mass is 10.4. The smallest absolute Gasteiger partial charge is 0.175 e. The molecule has 0 aliphatic rings. The lowest BCUT2D eigenvalue weighted by molar-refractivity contribution is 0.198. The lowest BCUT2D eigenvalue weighted by Crippen LogP contribution is -2.10. The Hall–Kier alpha value is -2.35. The molecule has 2 aromatic heterocycles. The second-order valence-corrected chi connectivity index (χ2v) is 4.21. The molecule has 0 bridgehead atoms. The van der Waals surface area contributed by atoms with Gasteiger partial charge in [0.25, 0.3) is 0 Å². The van der Waals surface area contributed by atoms with Gasteiger partial charge in [-0.05, 0) is 13.3 Å². The Morgan fingerprint density at radius 3 is 2.85 bits per heavy atom. The lowest BCUT2D eigenvalue weighted by Gasteiger charge is -2.10. The Kier molecular flexibility index (Phi) is 4.72. The molecule has 8 heteroatoms. The molecule has 0 saturated carbocycles. The van der Waals surface area contributed by atoms with Gasteiger partial charge < -0.3 is 25.6 Å². The van der Waals surface area contributed by atoms with E-state index in [1.807, 2.05) is 6.92 Å². The van der Waals surface area contributed by atoms with E-state index in [0.29, 0.717) is 35.5 Å². The molecule has 2 aromatic rings. The molecule has 0 fully saturated rings. The minimum Gasteiger partial charge on any atom is -0.393 e. The normalized spacial score (nSPS) is 10.5. The average molecular weight is 278 g/mol. The summed E-state index contributed by atoms with van der Waals surface area (Å²) in [4.78, 5) is 8.21. The van der Waals surface area contributed by atoms with Crippen molar-refractivity contribution in [1.29, 1.82) is 0 Å².